The molecular weight excluding hydrogens is 376 g/mol. The zero-order valence-corrected chi connectivity index (χ0v) is 15.9. The summed E-state index contributed by atoms with van der Waals surface area (Å²) in [6.07, 6.45) is 2.17. The fourth-order valence-corrected chi connectivity index (χ4v) is 2.68. The van der Waals surface area contributed by atoms with Gasteiger partial charge in [-0.05, 0) is 48.0 Å². The Morgan fingerprint density at radius 1 is 1.17 bits per heavy atom. The highest BCUT2D eigenvalue weighted by Crippen LogP contribution is 2.19. The molecule has 0 aliphatic heterocycles. The van der Waals surface area contributed by atoms with Gasteiger partial charge in [-0.15, -0.1) is 0 Å². The Hall–Kier alpha value is -3.85. The molecule has 0 spiro atoms. The number of nitrogens with zero attached hydrogens (tertiary/aromatic N) is 2. The quantitative estimate of drug-likeness (QED) is 0.335. The van der Waals surface area contributed by atoms with Crippen LogP contribution in [0, 0.1) is 0 Å². The van der Waals surface area contributed by atoms with Gasteiger partial charge in [-0.25, -0.2) is 15.3 Å². The highest BCUT2D eigenvalue weighted by molar-refractivity contribution is 5.91. The van der Waals surface area contributed by atoms with E-state index in [1.165, 1.54) is 11.6 Å². The Morgan fingerprint density at radius 3 is 2.59 bits per heavy atom. The molecule has 29 heavy (non-hydrogen) atoms. The molecule has 3 rings (SSSR count). The number of carbonyl (C=O) groups excluding carboxylic acids is 2. The highest BCUT2D eigenvalue weighted by Gasteiger charge is 2.11. The second kappa shape index (κ2) is 8.89. The zero-order chi connectivity index (χ0) is 20.8. The third-order valence-electron chi connectivity index (χ3n) is 4.20. The van der Waals surface area contributed by atoms with Crippen LogP contribution in [0.1, 0.15) is 11.4 Å². The number of hydrogen-bond acceptors (Lipinski definition) is 6. The summed E-state index contributed by atoms with van der Waals surface area (Å²) in [5.74, 6) is 1.09. The van der Waals surface area contributed by atoms with Gasteiger partial charge in [0.2, 0.25) is 0 Å². The minimum absolute atomic E-state index is 0.179. The van der Waals surface area contributed by atoms with E-state index < -0.39 is 12.0 Å². The number of fused-ring (bicyclic) bond motifs is 1. The third kappa shape index (κ3) is 4.90. The summed E-state index contributed by atoms with van der Waals surface area (Å²) in [5, 5.41) is 11.2. The number of rotatable bonds is 6. The molecule has 0 atom stereocenters. The topological polar surface area (TPSA) is 115 Å². The average Bonchev–Trinajstić information content (AvgIpc) is 3.06. The van der Waals surface area contributed by atoms with Crippen molar-refractivity contribution in [2.75, 3.05) is 7.11 Å². The molecule has 3 aromatic rings. The van der Waals surface area contributed by atoms with E-state index in [0.717, 1.165) is 11.1 Å². The number of benzene rings is 2. The summed E-state index contributed by atoms with van der Waals surface area (Å²) >= 11 is 0. The number of ether oxygens (including phenoxy) is 2. The summed E-state index contributed by atoms with van der Waals surface area (Å²) in [5.41, 5.74) is 3.86. The van der Waals surface area contributed by atoms with E-state index in [2.05, 4.69) is 10.3 Å². The molecule has 0 aliphatic carbocycles. The lowest BCUT2D eigenvalue weighted by Gasteiger charge is -2.07. The molecule has 1 heterocycles. The molecule has 0 fully saturated rings. The molecule has 9 heteroatoms. The van der Waals surface area contributed by atoms with Gasteiger partial charge in [0.05, 0.1) is 24.7 Å². The minimum atomic E-state index is -0.619. The maximum atomic E-state index is 12.0. The first kappa shape index (κ1) is 19.9. The van der Waals surface area contributed by atoms with Crippen LogP contribution >= 0.6 is 0 Å². The Balaban J connectivity index is 1.66. The van der Waals surface area contributed by atoms with Gasteiger partial charge in [0.1, 0.15) is 17.3 Å². The molecular formula is C20H20N4O5. The summed E-state index contributed by atoms with van der Waals surface area (Å²) in [6.45, 7) is 0.179. The summed E-state index contributed by atoms with van der Waals surface area (Å²) in [4.78, 5) is 27.6. The molecule has 0 saturated heterocycles. The molecule has 0 unspecified atom stereocenters. The maximum Gasteiger partial charge on any atom is 0.412 e. The van der Waals surface area contributed by atoms with Crippen molar-refractivity contribution in [3.8, 4) is 11.5 Å². The van der Waals surface area contributed by atoms with Crippen molar-refractivity contribution < 1.29 is 24.3 Å². The lowest BCUT2D eigenvalue weighted by Crippen LogP contribution is -2.27. The average molecular weight is 396 g/mol. The first-order chi connectivity index (χ1) is 14.0. The lowest BCUT2D eigenvalue weighted by molar-refractivity contribution is -0.124. The molecule has 0 bridgehead atoms. The van der Waals surface area contributed by atoms with E-state index in [4.69, 9.17) is 14.7 Å². The number of hydrogen-bond donors (Lipinski definition) is 3. The summed E-state index contributed by atoms with van der Waals surface area (Å²) in [6, 6.07) is 12.2. The van der Waals surface area contributed by atoms with E-state index in [1.54, 1.807) is 43.5 Å². The van der Waals surface area contributed by atoms with Gasteiger partial charge >= 0.3 is 6.09 Å². The molecule has 1 aromatic heterocycles. The predicted octanol–water partition coefficient (Wildman–Crippen LogP) is 2.39. The second-order valence-electron chi connectivity index (χ2n) is 6.06. The number of methoxy groups -OCH3 is 1. The molecule has 2 amide bonds. The SMILES string of the molecule is COc1ccc(OC(=O)NCc2nc3cc(/C=C/C(=O)NO)ccc3n2C)cc1. The van der Waals surface area contributed by atoms with Crippen molar-refractivity contribution in [2.45, 2.75) is 6.54 Å². The van der Waals surface area contributed by atoms with E-state index in [9.17, 15) is 9.59 Å². The van der Waals surface area contributed by atoms with Crippen molar-refractivity contribution in [3.05, 3.63) is 59.9 Å². The van der Waals surface area contributed by atoms with Crippen molar-refractivity contribution in [1.82, 2.24) is 20.3 Å². The van der Waals surface area contributed by atoms with Gasteiger partial charge in [0.15, 0.2) is 0 Å². The number of imidazole rings is 1. The number of amides is 2. The number of carbonyl (C=O) groups is 2. The molecule has 150 valence electrons. The van der Waals surface area contributed by atoms with Gasteiger partial charge < -0.3 is 19.4 Å². The first-order valence-electron chi connectivity index (χ1n) is 8.67. The van der Waals surface area contributed by atoms with Crippen LogP contribution in [0.2, 0.25) is 0 Å². The number of nitrogens with one attached hydrogen (secondary N) is 2. The molecule has 2 aromatic carbocycles. The Kier molecular flexibility index (Phi) is 6.10. The van der Waals surface area contributed by atoms with Crippen molar-refractivity contribution in [2.24, 2.45) is 7.05 Å². The van der Waals surface area contributed by atoms with E-state index in [-0.39, 0.29) is 6.54 Å². The first-order valence-corrected chi connectivity index (χ1v) is 8.67. The van der Waals surface area contributed by atoms with Crippen LogP contribution < -0.4 is 20.3 Å². The number of hydroxylamine groups is 1. The molecule has 0 aliphatic rings. The summed E-state index contributed by atoms with van der Waals surface area (Å²) in [7, 11) is 3.40. The van der Waals surface area contributed by atoms with Gasteiger partial charge in [-0.1, -0.05) is 6.07 Å². The van der Waals surface area contributed by atoms with Gasteiger partial charge in [0.25, 0.3) is 5.91 Å². The van der Waals surface area contributed by atoms with Gasteiger partial charge in [0, 0.05) is 13.1 Å². The van der Waals surface area contributed by atoms with Crippen molar-refractivity contribution >= 4 is 29.1 Å². The standard InChI is InChI=1S/C20H20N4O5/c1-24-17-9-3-13(4-10-19(25)23-27)11-16(17)22-18(24)12-21-20(26)29-15-7-5-14(28-2)6-8-15/h3-11,27H,12H2,1-2H3,(H,21,26)(H,23,25)/b10-4+. The van der Waals surface area contributed by atoms with Crippen molar-refractivity contribution in [3.63, 3.8) is 0 Å². The number of aromatic nitrogens is 2. The number of aryl methyl sites for hydroxylation is 1. The van der Waals surface area contributed by atoms with Crippen LogP contribution in [0.3, 0.4) is 0 Å². The van der Waals surface area contributed by atoms with E-state index >= 15 is 0 Å². The van der Waals surface area contributed by atoms with E-state index in [1.807, 2.05) is 23.7 Å². The normalized spacial score (nSPS) is 10.9. The van der Waals surface area contributed by atoms with Crippen LogP contribution in [0.4, 0.5) is 4.79 Å². The Bertz CT molecular complexity index is 1060. The summed E-state index contributed by atoms with van der Waals surface area (Å²) < 4.78 is 12.1. The fraction of sp³-hybridized carbons (Fsp3) is 0.150. The third-order valence-corrected chi connectivity index (χ3v) is 4.20. The van der Waals surface area contributed by atoms with Gasteiger partial charge in [-0.3, -0.25) is 10.0 Å². The van der Waals surface area contributed by atoms with Crippen LogP contribution in [0.5, 0.6) is 11.5 Å². The molecule has 3 N–H and O–H groups in total. The lowest BCUT2D eigenvalue weighted by atomic mass is 10.2. The van der Waals surface area contributed by atoms with Crippen LogP contribution in [-0.4, -0.2) is 33.9 Å². The Labute approximate surface area is 166 Å². The predicted molar refractivity (Wildman–Crippen MR) is 106 cm³/mol. The molecule has 0 radical (unpaired) electrons. The van der Waals surface area contributed by atoms with Crippen LogP contribution in [0.25, 0.3) is 17.1 Å². The zero-order valence-electron chi connectivity index (χ0n) is 15.9. The maximum absolute atomic E-state index is 12.0. The minimum Gasteiger partial charge on any atom is -0.497 e. The fourth-order valence-electron chi connectivity index (χ4n) is 2.68. The highest BCUT2D eigenvalue weighted by atomic mass is 16.6. The molecule has 9 nitrogen and oxygen atoms in total. The second-order valence-corrected chi connectivity index (χ2v) is 6.06. The Morgan fingerprint density at radius 2 is 1.90 bits per heavy atom. The van der Waals surface area contributed by atoms with Gasteiger partial charge in [-0.2, -0.15) is 0 Å². The molecule has 0 saturated carbocycles. The van der Waals surface area contributed by atoms with Crippen LogP contribution in [0.15, 0.2) is 48.5 Å². The monoisotopic (exact) mass is 396 g/mol. The van der Waals surface area contributed by atoms with Crippen molar-refractivity contribution in [1.29, 1.82) is 0 Å². The van der Waals surface area contributed by atoms with Crippen LogP contribution in [-0.2, 0) is 18.4 Å². The smallest absolute Gasteiger partial charge is 0.412 e. The largest absolute Gasteiger partial charge is 0.497 e. The van der Waals surface area contributed by atoms with E-state index in [0.29, 0.717) is 22.8 Å².